The van der Waals surface area contributed by atoms with Crippen molar-refractivity contribution in [2.24, 2.45) is 17.8 Å². The molecule has 1 aromatic rings. The summed E-state index contributed by atoms with van der Waals surface area (Å²) in [6, 6.07) is 9.16. The van der Waals surface area contributed by atoms with Gasteiger partial charge in [0, 0.05) is 11.6 Å². The number of para-hydroxylation sites is 1. The number of hydrogen-bond donors (Lipinski definition) is 1. The lowest BCUT2D eigenvalue weighted by molar-refractivity contribution is 0.305. The number of hydrogen-bond acceptors (Lipinski definition) is 2. The van der Waals surface area contributed by atoms with Gasteiger partial charge in [0.25, 0.3) is 0 Å². The Morgan fingerprint density at radius 1 is 1.14 bits per heavy atom. The third kappa shape index (κ3) is 3.11. The molecule has 0 radical (unpaired) electrons. The second kappa shape index (κ2) is 6.83. The van der Waals surface area contributed by atoms with E-state index in [2.05, 4.69) is 43.4 Å². The maximum Gasteiger partial charge on any atom is 0.124 e. The van der Waals surface area contributed by atoms with Gasteiger partial charge in [-0.15, -0.1) is 0 Å². The molecular formula is C19H29NO. The molecule has 0 amide bonds. The van der Waals surface area contributed by atoms with E-state index >= 15 is 0 Å². The molecule has 3 unspecified atom stereocenters. The molecule has 2 aliphatic carbocycles. The lowest BCUT2D eigenvalue weighted by atomic mass is 9.96. The second-order valence-electron chi connectivity index (χ2n) is 6.65. The zero-order valence-electron chi connectivity index (χ0n) is 13.5. The minimum atomic E-state index is 0.494. The average molecular weight is 287 g/mol. The molecule has 1 aromatic carbocycles. The Labute approximate surface area is 129 Å². The molecule has 0 spiro atoms. The van der Waals surface area contributed by atoms with Crippen LogP contribution >= 0.6 is 0 Å². The van der Waals surface area contributed by atoms with Gasteiger partial charge in [-0.05, 0) is 56.0 Å². The van der Waals surface area contributed by atoms with Gasteiger partial charge in [-0.25, -0.2) is 0 Å². The highest BCUT2D eigenvalue weighted by molar-refractivity contribution is 5.38. The fourth-order valence-corrected chi connectivity index (χ4v) is 4.21. The van der Waals surface area contributed by atoms with E-state index in [0.29, 0.717) is 6.04 Å². The van der Waals surface area contributed by atoms with E-state index in [-0.39, 0.29) is 0 Å². The number of fused-ring (bicyclic) bond motifs is 1. The molecule has 0 aliphatic heterocycles. The fourth-order valence-electron chi connectivity index (χ4n) is 4.21. The normalized spacial score (nSPS) is 28.2. The topological polar surface area (TPSA) is 21.3 Å². The summed E-state index contributed by atoms with van der Waals surface area (Å²) in [7, 11) is 0. The highest BCUT2D eigenvalue weighted by Crippen LogP contribution is 2.62. The minimum absolute atomic E-state index is 0.494. The van der Waals surface area contributed by atoms with Crippen molar-refractivity contribution in [3.05, 3.63) is 29.8 Å². The van der Waals surface area contributed by atoms with Crippen molar-refractivity contribution >= 4 is 0 Å². The van der Waals surface area contributed by atoms with Crippen molar-refractivity contribution in [2.75, 3.05) is 13.2 Å². The predicted octanol–water partition coefficient (Wildman–Crippen LogP) is 4.56. The van der Waals surface area contributed by atoms with E-state index in [0.717, 1.165) is 43.1 Å². The molecule has 21 heavy (non-hydrogen) atoms. The molecule has 2 fully saturated rings. The molecule has 116 valence electrons. The molecule has 2 aliphatic rings. The van der Waals surface area contributed by atoms with Crippen molar-refractivity contribution < 1.29 is 4.74 Å². The van der Waals surface area contributed by atoms with Gasteiger partial charge >= 0.3 is 0 Å². The number of benzene rings is 1. The quantitative estimate of drug-likeness (QED) is 0.756. The first-order valence-corrected chi connectivity index (χ1v) is 8.82. The van der Waals surface area contributed by atoms with Crippen LogP contribution in [-0.2, 0) is 0 Å². The van der Waals surface area contributed by atoms with Crippen LogP contribution in [-0.4, -0.2) is 13.2 Å². The van der Waals surface area contributed by atoms with Crippen LogP contribution in [0.15, 0.2) is 24.3 Å². The van der Waals surface area contributed by atoms with Gasteiger partial charge in [0.15, 0.2) is 0 Å². The Morgan fingerprint density at radius 2 is 1.90 bits per heavy atom. The summed E-state index contributed by atoms with van der Waals surface area (Å²) < 4.78 is 6.01. The third-order valence-corrected chi connectivity index (χ3v) is 5.19. The Kier molecular flexibility index (Phi) is 4.84. The molecule has 2 nitrogen and oxygen atoms in total. The lowest BCUT2D eigenvalue weighted by Gasteiger charge is -2.23. The van der Waals surface area contributed by atoms with E-state index in [1.165, 1.54) is 31.2 Å². The summed E-state index contributed by atoms with van der Waals surface area (Å²) in [5.41, 5.74) is 1.39. The first-order chi connectivity index (χ1) is 10.4. The SMILES string of the molecule is CCCNC(c1ccccc1OCCC)C1C2CCCC21. The van der Waals surface area contributed by atoms with E-state index in [1.54, 1.807) is 0 Å². The number of rotatable bonds is 8. The zero-order chi connectivity index (χ0) is 14.7. The number of nitrogens with one attached hydrogen (secondary N) is 1. The van der Waals surface area contributed by atoms with Crippen molar-refractivity contribution in [2.45, 2.75) is 52.0 Å². The monoisotopic (exact) mass is 287 g/mol. The average Bonchev–Trinajstić information content (AvgIpc) is 2.98. The molecule has 3 atom stereocenters. The summed E-state index contributed by atoms with van der Waals surface area (Å²) >= 11 is 0. The van der Waals surface area contributed by atoms with Gasteiger partial charge in [0.1, 0.15) is 5.75 Å². The van der Waals surface area contributed by atoms with Crippen LogP contribution in [0.4, 0.5) is 0 Å². The molecule has 0 saturated heterocycles. The zero-order valence-corrected chi connectivity index (χ0v) is 13.5. The molecule has 3 rings (SSSR count). The van der Waals surface area contributed by atoms with Gasteiger partial charge in [0.2, 0.25) is 0 Å². The van der Waals surface area contributed by atoms with Crippen molar-refractivity contribution in [3.63, 3.8) is 0 Å². The van der Waals surface area contributed by atoms with Crippen LogP contribution in [0.1, 0.15) is 57.6 Å². The van der Waals surface area contributed by atoms with Crippen molar-refractivity contribution in [1.29, 1.82) is 0 Å². The molecule has 0 aromatic heterocycles. The van der Waals surface area contributed by atoms with Gasteiger partial charge in [-0.1, -0.05) is 38.5 Å². The van der Waals surface area contributed by atoms with E-state index in [1.807, 2.05) is 0 Å². The van der Waals surface area contributed by atoms with Crippen LogP contribution in [0, 0.1) is 17.8 Å². The molecule has 2 saturated carbocycles. The lowest BCUT2D eigenvalue weighted by Crippen LogP contribution is -2.26. The fraction of sp³-hybridized carbons (Fsp3) is 0.684. The van der Waals surface area contributed by atoms with Gasteiger partial charge in [-0.2, -0.15) is 0 Å². The van der Waals surface area contributed by atoms with Crippen molar-refractivity contribution in [1.82, 2.24) is 5.32 Å². The second-order valence-corrected chi connectivity index (χ2v) is 6.65. The van der Waals surface area contributed by atoms with Gasteiger partial charge in [-0.3, -0.25) is 0 Å². The molecular weight excluding hydrogens is 258 g/mol. The van der Waals surface area contributed by atoms with Gasteiger partial charge < -0.3 is 10.1 Å². The summed E-state index contributed by atoms with van der Waals surface area (Å²) in [6.07, 6.45) is 6.59. The Morgan fingerprint density at radius 3 is 2.62 bits per heavy atom. The maximum atomic E-state index is 6.01. The Bertz CT molecular complexity index is 449. The van der Waals surface area contributed by atoms with Crippen LogP contribution in [0.25, 0.3) is 0 Å². The summed E-state index contributed by atoms with van der Waals surface area (Å²) in [6.45, 7) is 6.33. The predicted molar refractivity (Wildman–Crippen MR) is 87.6 cm³/mol. The van der Waals surface area contributed by atoms with Crippen molar-refractivity contribution in [3.8, 4) is 5.75 Å². The molecule has 2 heteroatoms. The maximum absolute atomic E-state index is 6.01. The summed E-state index contributed by atoms with van der Waals surface area (Å²) in [5.74, 6) is 3.88. The van der Waals surface area contributed by atoms with Gasteiger partial charge in [0.05, 0.1) is 6.61 Å². The third-order valence-electron chi connectivity index (χ3n) is 5.19. The highest BCUT2D eigenvalue weighted by Gasteiger charge is 2.56. The number of ether oxygens (including phenoxy) is 1. The summed E-state index contributed by atoms with van der Waals surface area (Å²) in [5, 5.41) is 3.81. The standard InChI is InChI=1S/C19H29NO/c1-3-12-20-19(18-14-9-7-10-15(14)18)16-8-5-6-11-17(16)21-13-4-2/h5-6,8,11,14-15,18-20H,3-4,7,9-10,12-13H2,1-2H3. The largest absolute Gasteiger partial charge is 0.493 e. The van der Waals surface area contributed by atoms with E-state index in [4.69, 9.17) is 4.74 Å². The first kappa shape index (κ1) is 14.9. The molecule has 0 bridgehead atoms. The minimum Gasteiger partial charge on any atom is -0.493 e. The smallest absolute Gasteiger partial charge is 0.124 e. The van der Waals surface area contributed by atoms with Crippen LogP contribution in [0.2, 0.25) is 0 Å². The highest BCUT2D eigenvalue weighted by atomic mass is 16.5. The van der Waals surface area contributed by atoms with E-state index < -0.39 is 0 Å². The Hall–Kier alpha value is -1.02. The molecule has 1 N–H and O–H groups in total. The Balaban J connectivity index is 1.79. The van der Waals surface area contributed by atoms with Crippen LogP contribution in [0.3, 0.4) is 0 Å². The van der Waals surface area contributed by atoms with E-state index in [9.17, 15) is 0 Å². The first-order valence-electron chi connectivity index (χ1n) is 8.82. The molecule has 0 heterocycles. The summed E-state index contributed by atoms with van der Waals surface area (Å²) in [4.78, 5) is 0. The van der Waals surface area contributed by atoms with Crippen LogP contribution < -0.4 is 10.1 Å². The van der Waals surface area contributed by atoms with Crippen LogP contribution in [0.5, 0.6) is 5.75 Å².